The van der Waals surface area contributed by atoms with E-state index in [1.54, 1.807) is 0 Å². The molecule has 1 fully saturated rings. The van der Waals surface area contributed by atoms with E-state index in [2.05, 4.69) is 39.3 Å². The van der Waals surface area contributed by atoms with E-state index in [0.717, 1.165) is 17.8 Å². The summed E-state index contributed by atoms with van der Waals surface area (Å²) in [7, 11) is 0. The van der Waals surface area contributed by atoms with Gasteiger partial charge in [-0.1, -0.05) is 13.3 Å². The van der Waals surface area contributed by atoms with Gasteiger partial charge in [-0.05, 0) is 76.3 Å². The Labute approximate surface area is 113 Å². The molecule has 0 aliphatic heterocycles. The zero-order chi connectivity index (χ0) is 12.9. The molecule has 0 saturated heterocycles. The van der Waals surface area contributed by atoms with Gasteiger partial charge in [-0.3, -0.25) is 0 Å². The van der Waals surface area contributed by atoms with Gasteiger partial charge in [0.1, 0.15) is 0 Å². The summed E-state index contributed by atoms with van der Waals surface area (Å²) in [6.07, 6.45) is 7.98. The molecule has 0 aromatic carbocycles. The zero-order valence-electron chi connectivity index (χ0n) is 12.4. The molecule has 3 unspecified atom stereocenters. The van der Waals surface area contributed by atoms with Gasteiger partial charge in [0.2, 0.25) is 0 Å². The number of rotatable bonds is 5. The van der Waals surface area contributed by atoms with Gasteiger partial charge < -0.3 is 5.32 Å². The molecule has 0 radical (unpaired) electrons. The van der Waals surface area contributed by atoms with Crippen molar-refractivity contribution in [2.45, 2.75) is 58.9 Å². The quantitative estimate of drug-likeness (QED) is 0.793. The lowest BCUT2D eigenvalue weighted by atomic mass is 9.73. The van der Waals surface area contributed by atoms with Gasteiger partial charge in [-0.15, -0.1) is 0 Å². The van der Waals surface area contributed by atoms with Crippen molar-refractivity contribution in [3.8, 4) is 0 Å². The third kappa shape index (κ3) is 6.15. The maximum Gasteiger partial charge on any atom is 0.00966 e. The molecular weight excluding hydrogens is 226 g/mol. The van der Waals surface area contributed by atoms with Crippen LogP contribution in [-0.2, 0) is 0 Å². The highest BCUT2D eigenvalue weighted by Crippen LogP contribution is 2.36. The molecule has 102 valence electrons. The fourth-order valence-electron chi connectivity index (χ4n) is 2.89. The topological polar surface area (TPSA) is 12.0 Å². The minimum atomic E-state index is 0.271. The first-order valence-electron chi connectivity index (χ1n) is 7.16. The summed E-state index contributed by atoms with van der Waals surface area (Å²) in [5, 5.41) is 3.71. The number of thioether (sulfide) groups is 1. The predicted molar refractivity (Wildman–Crippen MR) is 80.7 cm³/mol. The van der Waals surface area contributed by atoms with E-state index >= 15 is 0 Å². The second-order valence-electron chi connectivity index (χ2n) is 6.85. The Hall–Kier alpha value is 0.310. The molecule has 1 rings (SSSR count). The van der Waals surface area contributed by atoms with Crippen molar-refractivity contribution in [1.29, 1.82) is 0 Å². The molecule has 0 heterocycles. The Morgan fingerprint density at radius 2 is 1.88 bits per heavy atom. The predicted octanol–water partition coefficient (Wildman–Crippen LogP) is 4.18. The summed E-state index contributed by atoms with van der Waals surface area (Å²) >= 11 is 2.00. The Balaban J connectivity index is 2.42. The van der Waals surface area contributed by atoms with Crippen LogP contribution in [0, 0.1) is 17.8 Å². The van der Waals surface area contributed by atoms with E-state index in [9.17, 15) is 0 Å². The zero-order valence-corrected chi connectivity index (χ0v) is 13.2. The molecule has 1 aliphatic carbocycles. The summed E-state index contributed by atoms with van der Waals surface area (Å²) in [5.41, 5.74) is 0.271. The van der Waals surface area contributed by atoms with Crippen LogP contribution in [0.1, 0.15) is 53.4 Å². The first-order chi connectivity index (χ1) is 7.92. The van der Waals surface area contributed by atoms with Gasteiger partial charge >= 0.3 is 0 Å². The van der Waals surface area contributed by atoms with Crippen LogP contribution < -0.4 is 5.32 Å². The molecule has 0 spiro atoms. The average Bonchev–Trinajstić information content (AvgIpc) is 2.23. The summed E-state index contributed by atoms with van der Waals surface area (Å²) in [6.45, 7) is 10.5. The van der Waals surface area contributed by atoms with E-state index in [-0.39, 0.29) is 5.54 Å². The molecule has 3 atom stereocenters. The minimum absolute atomic E-state index is 0.271. The lowest BCUT2D eigenvalue weighted by Gasteiger charge is -2.37. The van der Waals surface area contributed by atoms with Crippen LogP contribution in [0.25, 0.3) is 0 Å². The summed E-state index contributed by atoms with van der Waals surface area (Å²) in [6, 6.07) is 0. The molecule has 1 N–H and O–H groups in total. The standard InChI is InChI=1S/C15H31NS/c1-12-6-7-14(11-16-15(2,3)4)13(10-12)8-9-17-5/h12-14,16H,6-11H2,1-5H3. The number of hydrogen-bond donors (Lipinski definition) is 1. The molecule has 1 aliphatic rings. The van der Waals surface area contributed by atoms with Crippen molar-refractivity contribution in [3.63, 3.8) is 0 Å². The van der Waals surface area contributed by atoms with Crippen LogP contribution in [0.3, 0.4) is 0 Å². The molecule has 1 nitrogen and oxygen atoms in total. The third-order valence-corrected chi connectivity index (χ3v) is 4.63. The minimum Gasteiger partial charge on any atom is -0.312 e. The Bertz CT molecular complexity index is 209. The normalized spacial score (nSPS) is 30.5. The summed E-state index contributed by atoms with van der Waals surface area (Å²) < 4.78 is 0. The van der Waals surface area contributed by atoms with Gasteiger partial charge in [0.05, 0.1) is 0 Å². The first kappa shape index (κ1) is 15.4. The average molecular weight is 257 g/mol. The van der Waals surface area contributed by atoms with Gasteiger partial charge in [-0.25, -0.2) is 0 Å². The van der Waals surface area contributed by atoms with Gasteiger partial charge in [0, 0.05) is 5.54 Å². The Morgan fingerprint density at radius 1 is 1.18 bits per heavy atom. The molecule has 2 heteroatoms. The van der Waals surface area contributed by atoms with Crippen LogP contribution in [0.5, 0.6) is 0 Å². The number of hydrogen-bond acceptors (Lipinski definition) is 2. The highest BCUT2D eigenvalue weighted by atomic mass is 32.2. The van der Waals surface area contributed by atoms with E-state index in [4.69, 9.17) is 0 Å². The maximum absolute atomic E-state index is 3.71. The lowest BCUT2D eigenvalue weighted by molar-refractivity contribution is 0.171. The smallest absolute Gasteiger partial charge is 0.00966 e. The highest BCUT2D eigenvalue weighted by molar-refractivity contribution is 7.98. The molecular formula is C15H31NS. The fourth-order valence-corrected chi connectivity index (χ4v) is 3.43. The van der Waals surface area contributed by atoms with Crippen LogP contribution in [0.4, 0.5) is 0 Å². The second-order valence-corrected chi connectivity index (χ2v) is 7.84. The summed E-state index contributed by atoms with van der Waals surface area (Å²) in [4.78, 5) is 0. The third-order valence-electron chi connectivity index (χ3n) is 3.99. The van der Waals surface area contributed by atoms with Crippen molar-refractivity contribution in [2.75, 3.05) is 18.6 Å². The van der Waals surface area contributed by atoms with E-state index < -0.39 is 0 Å². The number of nitrogens with one attached hydrogen (secondary N) is 1. The van der Waals surface area contributed by atoms with Crippen LogP contribution in [0.15, 0.2) is 0 Å². The van der Waals surface area contributed by atoms with Crippen LogP contribution in [-0.4, -0.2) is 24.1 Å². The van der Waals surface area contributed by atoms with E-state index in [1.165, 1.54) is 38.0 Å². The van der Waals surface area contributed by atoms with Crippen molar-refractivity contribution in [3.05, 3.63) is 0 Å². The maximum atomic E-state index is 3.71. The second kappa shape index (κ2) is 7.04. The van der Waals surface area contributed by atoms with Crippen LogP contribution >= 0.6 is 11.8 Å². The van der Waals surface area contributed by atoms with Crippen LogP contribution in [0.2, 0.25) is 0 Å². The Kier molecular flexibility index (Phi) is 6.36. The largest absolute Gasteiger partial charge is 0.312 e. The van der Waals surface area contributed by atoms with E-state index in [1.807, 2.05) is 11.8 Å². The highest BCUT2D eigenvalue weighted by Gasteiger charge is 2.28. The summed E-state index contributed by atoms with van der Waals surface area (Å²) in [5.74, 6) is 4.16. The van der Waals surface area contributed by atoms with Crippen molar-refractivity contribution in [1.82, 2.24) is 5.32 Å². The van der Waals surface area contributed by atoms with Crippen molar-refractivity contribution in [2.24, 2.45) is 17.8 Å². The molecule has 0 bridgehead atoms. The molecule has 0 aromatic rings. The molecule has 0 aromatic heterocycles. The van der Waals surface area contributed by atoms with Crippen molar-refractivity contribution >= 4 is 11.8 Å². The van der Waals surface area contributed by atoms with Crippen molar-refractivity contribution < 1.29 is 0 Å². The van der Waals surface area contributed by atoms with E-state index in [0.29, 0.717) is 0 Å². The van der Waals surface area contributed by atoms with Gasteiger partial charge in [-0.2, -0.15) is 11.8 Å². The Morgan fingerprint density at radius 3 is 2.47 bits per heavy atom. The molecule has 1 saturated carbocycles. The fraction of sp³-hybridized carbons (Fsp3) is 1.00. The molecule has 0 amide bonds. The SMILES string of the molecule is CSCCC1CC(C)CCC1CNC(C)(C)C. The monoisotopic (exact) mass is 257 g/mol. The van der Waals surface area contributed by atoms with Gasteiger partial charge in [0.15, 0.2) is 0 Å². The van der Waals surface area contributed by atoms with Gasteiger partial charge in [0.25, 0.3) is 0 Å². The lowest BCUT2D eigenvalue weighted by Crippen LogP contribution is -2.42. The molecule has 17 heavy (non-hydrogen) atoms. The first-order valence-corrected chi connectivity index (χ1v) is 8.55.